The number of hydrogen-bond acceptors (Lipinski definition) is 2. The summed E-state index contributed by atoms with van der Waals surface area (Å²) in [7, 11) is 0. The first-order valence-corrected chi connectivity index (χ1v) is 8.38. The normalized spacial score (nSPS) is 19.6. The lowest BCUT2D eigenvalue weighted by atomic mass is 9.86. The molecule has 1 aliphatic heterocycles. The number of carbonyl (C=O) groups is 1. The molecule has 0 saturated carbocycles. The average Bonchev–Trinajstić information content (AvgIpc) is 2.47. The number of rotatable bonds is 5. The summed E-state index contributed by atoms with van der Waals surface area (Å²) in [6, 6.07) is 8.08. The van der Waals surface area contributed by atoms with Crippen LogP contribution in [-0.4, -0.2) is 29.3 Å². The van der Waals surface area contributed by atoms with Crippen LogP contribution in [-0.2, 0) is 11.2 Å². The zero-order valence-electron chi connectivity index (χ0n) is 12.5. The van der Waals surface area contributed by atoms with E-state index in [1.165, 1.54) is 19.3 Å². The Morgan fingerprint density at radius 2 is 2.00 bits per heavy atom. The Balaban J connectivity index is 2.11. The van der Waals surface area contributed by atoms with Gasteiger partial charge < -0.3 is 0 Å². The van der Waals surface area contributed by atoms with Crippen molar-refractivity contribution in [2.75, 3.05) is 13.1 Å². The van der Waals surface area contributed by atoms with Gasteiger partial charge in [0.05, 0.1) is 5.54 Å². The van der Waals surface area contributed by atoms with Crippen molar-refractivity contribution in [1.82, 2.24) is 4.90 Å². The first-order valence-electron chi connectivity index (χ1n) is 7.59. The standard InChI is InChI=1S/C17H24BrNO/c1-3-17(2,19-10-5-4-6-11-19)16(20)13-14-8-7-9-15(18)12-14/h7-9,12H,3-6,10-11,13H2,1-2H3. The fourth-order valence-electron chi connectivity index (χ4n) is 3.01. The number of piperidine rings is 1. The number of ketones is 1. The third-order valence-electron chi connectivity index (χ3n) is 4.60. The molecule has 1 heterocycles. The molecule has 1 aliphatic rings. The molecule has 1 fully saturated rings. The minimum atomic E-state index is -0.303. The maximum atomic E-state index is 12.8. The van der Waals surface area contributed by atoms with Crippen LogP contribution in [0.25, 0.3) is 0 Å². The van der Waals surface area contributed by atoms with E-state index in [4.69, 9.17) is 0 Å². The Labute approximate surface area is 130 Å². The fraction of sp³-hybridized carbons (Fsp3) is 0.588. The van der Waals surface area contributed by atoms with E-state index >= 15 is 0 Å². The van der Waals surface area contributed by atoms with E-state index in [0.717, 1.165) is 29.5 Å². The van der Waals surface area contributed by atoms with Crippen LogP contribution in [0.15, 0.2) is 28.7 Å². The van der Waals surface area contributed by atoms with Crippen molar-refractivity contribution in [3.8, 4) is 0 Å². The van der Waals surface area contributed by atoms with Gasteiger partial charge in [-0.2, -0.15) is 0 Å². The average molecular weight is 338 g/mol. The van der Waals surface area contributed by atoms with Crippen molar-refractivity contribution in [3.63, 3.8) is 0 Å². The van der Waals surface area contributed by atoms with Crippen molar-refractivity contribution in [2.24, 2.45) is 0 Å². The number of carbonyl (C=O) groups excluding carboxylic acids is 1. The number of nitrogens with zero attached hydrogens (tertiary/aromatic N) is 1. The van der Waals surface area contributed by atoms with Gasteiger partial charge in [0.2, 0.25) is 0 Å². The molecule has 0 radical (unpaired) electrons. The monoisotopic (exact) mass is 337 g/mol. The highest BCUT2D eigenvalue weighted by Crippen LogP contribution is 2.26. The van der Waals surface area contributed by atoms with Crippen LogP contribution in [0.2, 0.25) is 0 Å². The first kappa shape index (κ1) is 15.7. The minimum Gasteiger partial charge on any atom is -0.297 e. The molecule has 2 rings (SSSR count). The largest absolute Gasteiger partial charge is 0.297 e. The Bertz CT molecular complexity index is 468. The highest BCUT2D eigenvalue weighted by molar-refractivity contribution is 9.10. The van der Waals surface area contributed by atoms with Gasteiger partial charge in [-0.3, -0.25) is 9.69 Å². The minimum absolute atomic E-state index is 0.303. The number of hydrogen-bond donors (Lipinski definition) is 0. The number of Topliss-reactive ketones (excluding diaryl/α,β-unsaturated/α-hetero) is 1. The molecule has 1 aromatic rings. The van der Waals surface area contributed by atoms with Gasteiger partial charge in [-0.25, -0.2) is 0 Å². The van der Waals surface area contributed by atoms with E-state index in [1.807, 2.05) is 24.3 Å². The molecular weight excluding hydrogens is 314 g/mol. The Hall–Kier alpha value is -0.670. The van der Waals surface area contributed by atoms with Gasteiger partial charge >= 0.3 is 0 Å². The number of likely N-dealkylation sites (tertiary alicyclic amines) is 1. The molecule has 3 heteroatoms. The second-order valence-corrected chi connectivity index (χ2v) is 6.82. The topological polar surface area (TPSA) is 20.3 Å². The van der Waals surface area contributed by atoms with Crippen LogP contribution in [0.1, 0.15) is 45.1 Å². The summed E-state index contributed by atoms with van der Waals surface area (Å²) in [4.78, 5) is 15.2. The van der Waals surface area contributed by atoms with Gasteiger partial charge in [-0.1, -0.05) is 41.4 Å². The van der Waals surface area contributed by atoms with Gasteiger partial charge in [-0.05, 0) is 57.0 Å². The Morgan fingerprint density at radius 1 is 1.30 bits per heavy atom. The summed E-state index contributed by atoms with van der Waals surface area (Å²) in [5, 5.41) is 0. The van der Waals surface area contributed by atoms with Gasteiger partial charge in [0.25, 0.3) is 0 Å². The van der Waals surface area contributed by atoms with Crippen molar-refractivity contribution >= 4 is 21.7 Å². The van der Waals surface area contributed by atoms with Crippen LogP contribution in [0.3, 0.4) is 0 Å². The second-order valence-electron chi connectivity index (χ2n) is 5.90. The molecule has 2 nitrogen and oxygen atoms in total. The van der Waals surface area contributed by atoms with Crippen LogP contribution in [0.4, 0.5) is 0 Å². The fourth-order valence-corrected chi connectivity index (χ4v) is 3.45. The van der Waals surface area contributed by atoms with E-state index in [9.17, 15) is 4.79 Å². The first-order chi connectivity index (χ1) is 9.56. The Kier molecular flexibility index (Phi) is 5.39. The van der Waals surface area contributed by atoms with Gasteiger partial charge in [0.15, 0.2) is 5.78 Å². The van der Waals surface area contributed by atoms with Crippen molar-refractivity contribution < 1.29 is 4.79 Å². The number of benzene rings is 1. The molecule has 0 aromatic heterocycles. The molecule has 0 amide bonds. The number of halogens is 1. The van der Waals surface area contributed by atoms with Crippen LogP contribution in [0, 0.1) is 0 Å². The lowest BCUT2D eigenvalue weighted by molar-refractivity contribution is -0.130. The lowest BCUT2D eigenvalue weighted by Crippen LogP contribution is -2.54. The molecule has 0 bridgehead atoms. The van der Waals surface area contributed by atoms with E-state index in [0.29, 0.717) is 12.2 Å². The second kappa shape index (κ2) is 6.86. The Morgan fingerprint density at radius 3 is 2.60 bits per heavy atom. The van der Waals surface area contributed by atoms with Crippen molar-refractivity contribution in [1.29, 1.82) is 0 Å². The molecule has 1 unspecified atom stereocenters. The van der Waals surface area contributed by atoms with Crippen LogP contribution in [0.5, 0.6) is 0 Å². The van der Waals surface area contributed by atoms with E-state index in [2.05, 4.69) is 34.7 Å². The van der Waals surface area contributed by atoms with Crippen LogP contribution >= 0.6 is 15.9 Å². The van der Waals surface area contributed by atoms with E-state index in [-0.39, 0.29) is 5.54 Å². The van der Waals surface area contributed by atoms with Gasteiger partial charge in [0, 0.05) is 10.9 Å². The van der Waals surface area contributed by atoms with E-state index < -0.39 is 0 Å². The van der Waals surface area contributed by atoms with Crippen LogP contribution < -0.4 is 0 Å². The molecule has 20 heavy (non-hydrogen) atoms. The summed E-state index contributed by atoms with van der Waals surface area (Å²) < 4.78 is 1.04. The molecular formula is C17H24BrNO. The highest BCUT2D eigenvalue weighted by atomic mass is 79.9. The molecule has 110 valence electrons. The van der Waals surface area contributed by atoms with Crippen molar-refractivity contribution in [2.45, 2.75) is 51.5 Å². The summed E-state index contributed by atoms with van der Waals surface area (Å²) in [5.74, 6) is 0.347. The van der Waals surface area contributed by atoms with Gasteiger partial charge in [-0.15, -0.1) is 0 Å². The predicted molar refractivity (Wildman–Crippen MR) is 87.0 cm³/mol. The lowest BCUT2D eigenvalue weighted by Gasteiger charge is -2.42. The maximum Gasteiger partial charge on any atom is 0.157 e. The SMILES string of the molecule is CCC(C)(C(=O)Cc1cccc(Br)c1)N1CCCCC1. The smallest absolute Gasteiger partial charge is 0.157 e. The predicted octanol–water partition coefficient (Wildman–Crippen LogP) is 4.22. The molecule has 0 aliphatic carbocycles. The highest BCUT2D eigenvalue weighted by Gasteiger charge is 2.37. The zero-order valence-corrected chi connectivity index (χ0v) is 14.1. The summed E-state index contributed by atoms with van der Waals surface area (Å²) in [6.07, 6.45) is 5.16. The molecule has 0 N–H and O–H groups in total. The molecule has 1 atom stereocenters. The molecule has 1 aromatic carbocycles. The summed E-state index contributed by atoms with van der Waals surface area (Å²) >= 11 is 3.47. The third kappa shape index (κ3) is 3.50. The van der Waals surface area contributed by atoms with Gasteiger partial charge in [0.1, 0.15) is 0 Å². The maximum absolute atomic E-state index is 12.8. The molecule has 0 spiro atoms. The summed E-state index contributed by atoms with van der Waals surface area (Å²) in [5.41, 5.74) is 0.795. The van der Waals surface area contributed by atoms with Crippen molar-refractivity contribution in [3.05, 3.63) is 34.3 Å². The summed E-state index contributed by atoms with van der Waals surface area (Å²) in [6.45, 7) is 6.38. The quantitative estimate of drug-likeness (QED) is 0.801. The third-order valence-corrected chi connectivity index (χ3v) is 5.09. The van der Waals surface area contributed by atoms with E-state index in [1.54, 1.807) is 0 Å². The molecule has 1 saturated heterocycles. The zero-order chi connectivity index (χ0) is 14.6.